The predicted octanol–water partition coefficient (Wildman–Crippen LogP) is 2.84. The SMILES string of the molecule is COC(=O)C1=C(C)OC(N)=C(C#N)C1c1cc(Br)ccc1F. The van der Waals surface area contributed by atoms with Gasteiger partial charge in [0.05, 0.1) is 18.6 Å². The van der Waals surface area contributed by atoms with E-state index in [1.54, 1.807) is 0 Å². The quantitative estimate of drug-likeness (QED) is 0.813. The van der Waals surface area contributed by atoms with Crippen molar-refractivity contribution in [3.05, 3.63) is 56.8 Å². The van der Waals surface area contributed by atoms with Crippen molar-refractivity contribution in [2.75, 3.05) is 7.11 Å². The Labute approximate surface area is 134 Å². The number of ether oxygens (including phenoxy) is 2. The molecule has 1 aromatic carbocycles. The second kappa shape index (κ2) is 6.20. The molecule has 1 atom stereocenters. The standard InChI is InChI=1S/C15H12BrFN2O3/c1-7-12(15(20)21-2)13(10(6-18)14(19)22-7)9-5-8(16)3-4-11(9)17/h3-5,13H,19H2,1-2H3. The second-order valence-corrected chi connectivity index (χ2v) is 5.47. The molecule has 114 valence electrons. The third-order valence-corrected chi connectivity index (χ3v) is 3.77. The number of methoxy groups -OCH3 is 1. The van der Waals surface area contributed by atoms with Crippen molar-refractivity contribution in [1.29, 1.82) is 5.26 Å². The van der Waals surface area contributed by atoms with Gasteiger partial charge in [0.1, 0.15) is 23.2 Å². The van der Waals surface area contributed by atoms with Crippen LogP contribution in [0.2, 0.25) is 0 Å². The Morgan fingerprint density at radius 3 is 2.82 bits per heavy atom. The van der Waals surface area contributed by atoms with Gasteiger partial charge in [-0.25, -0.2) is 9.18 Å². The number of hydrogen-bond acceptors (Lipinski definition) is 5. The molecule has 1 aliphatic rings. The Morgan fingerprint density at radius 1 is 1.55 bits per heavy atom. The lowest BCUT2D eigenvalue weighted by Crippen LogP contribution is -2.25. The summed E-state index contributed by atoms with van der Waals surface area (Å²) in [4.78, 5) is 12.1. The average Bonchev–Trinajstić information content (AvgIpc) is 2.48. The normalized spacial score (nSPS) is 17.9. The number of nitriles is 1. The van der Waals surface area contributed by atoms with Crippen LogP contribution in [0.5, 0.6) is 0 Å². The molecule has 1 aliphatic heterocycles. The molecular weight excluding hydrogens is 355 g/mol. The molecule has 0 aliphatic carbocycles. The van der Waals surface area contributed by atoms with Crippen LogP contribution in [0.25, 0.3) is 0 Å². The highest BCUT2D eigenvalue weighted by atomic mass is 79.9. The zero-order valence-electron chi connectivity index (χ0n) is 11.8. The summed E-state index contributed by atoms with van der Waals surface area (Å²) in [5.41, 5.74) is 5.86. The van der Waals surface area contributed by atoms with Crippen LogP contribution in [0, 0.1) is 17.1 Å². The van der Waals surface area contributed by atoms with Crippen LogP contribution < -0.4 is 5.73 Å². The fourth-order valence-electron chi connectivity index (χ4n) is 2.30. The molecule has 0 fully saturated rings. The van der Waals surface area contributed by atoms with Crippen molar-refractivity contribution in [1.82, 2.24) is 0 Å². The van der Waals surface area contributed by atoms with E-state index in [0.717, 1.165) is 0 Å². The van der Waals surface area contributed by atoms with Gasteiger partial charge in [0, 0.05) is 10.0 Å². The summed E-state index contributed by atoms with van der Waals surface area (Å²) in [6, 6.07) is 6.14. The molecule has 1 aromatic rings. The van der Waals surface area contributed by atoms with Gasteiger partial charge in [0.25, 0.3) is 0 Å². The van der Waals surface area contributed by atoms with Crippen LogP contribution in [-0.2, 0) is 14.3 Å². The molecule has 2 rings (SSSR count). The van der Waals surface area contributed by atoms with E-state index in [0.29, 0.717) is 4.47 Å². The van der Waals surface area contributed by atoms with Crippen LogP contribution in [0.4, 0.5) is 4.39 Å². The number of nitrogens with zero attached hydrogens (tertiary/aromatic N) is 1. The van der Waals surface area contributed by atoms with Crippen LogP contribution in [0.15, 0.2) is 45.5 Å². The highest BCUT2D eigenvalue weighted by Crippen LogP contribution is 2.41. The van der Waals surface area contributed by atoms with Crippen molar-refractivity contribution in [3.8, 4) is 6.07 Å². The summed E-state index contributed by atoms with van der Waals surface area (Å²) in [6.45, 7) is 1.51. The van der Waals surface area contributed by atoms with Gasteiger partial charge in [-0.15, -0.1) is 0 Å². The molecule has 22 heavy (non-hydrogen) atoms. The summed E-state index contributed by atoms with van der Waals surface area (Å²) >= 11 is 3.25. The summed E-state index contributed by atoms with van der Waals surface area (Å²) in [5.74, 6) is -2.24. The number of halogens is 2. The predicted molar refractivity (Wildman–Crippen MR) is 79.5 cm³/mol. The van der Waals surface area contributed by atoms with Gasteiger partial charge in [-0.05, 0) is 25.1 Å². The summed E-state index contributed by atoms with van der Waals surface area (Å²) in [5, 5.41) is 9.34. The first-order chi connectivity index (χ1) is 10.4. The van der Waals surface area contributed by atoms with Gasteiger partial charge in [0.2, 0.25) is 5.88 Å². The maximum Gasteiger partial charge on any atom is 0.338 e. The van der Waals surface area contributed by atoms with Crippen molar-refractivity contribution in [3.63, 3.8) is 0 Å². The first kappa shape index (κ1) is 16.0. The van der Waals surface area contributed by atoms with E-state index in [-0.39, 0.29) is 28.4 Å². The number of allylic oxidation sites excluding steroid dienone is 2. The minimum Gasteiger partial charge on any atom is -0.466 e. The fourth-order valence-corrected chi connectivity index (χ4v) is 2.68. The molecular formula is C15H12BrFN2O3. The number of nitrogens with two attached hydrogens (primary N) is 1. The molecule has 0 bridgehead atoms. The summed E-state index contributed by atoms with van der Waals surface area (Å²) in [7, 11) is 1.20. The van der Waals surface area contributed by atoms with Crippen molar-refractivity contribution in [2.45, 2.75) is 12.8 Å². The molecule has 2 N–H and O–H groups in total. The average molecular weight is 367 g/mol. The number of carbonyl (C=O) groups is 1. The van der Waals surface area contributed by atoms with Gasteiger partial charge in [-0.1, -0.05) is 15.9 Å². The maximum absolute atomic E-state index is 14.2. The maximum atomic E-state index is 14.2. The number of benzene rings is 1. The Kier molecular flexibility index (Phi) is 4.52. The van der Waals surface area contributed by atoms with Gasteiger partial charge in [0.15, 0.2) is 0 Å². The molecule has 0 saturated heterocycles. The van der Waals surface area contributed by atoms with Crippen LogP contribution in [-0.4, -0.2) is 13.1 Å². The molecule has 0 radical (unpaired) electrons. The zero-order valence-corrected chi connectivity index (χ0v) is 13.4. The third-order valence-electron chi connectivity index (χ3n) is 3.28. The Morgan fingerprint density at radius 2 is 2.23 bits per heavy atom. The van der Waals surface area contributed by atoms with Gasteiger partial charge < -0.3 is 15.2 Å². The third kappa shape index (κ3) is 2.70. The topological polar surface area (TPSA) is 85.3 Å². The van der Waals surface area contributed by atoms with Gasteiger partial charge in [-0.3, -0.25) is 0 Å². The molecule has 0 amide bonds. The lowest BCUT2D eigenvalue weighted by molar-refractivity contribution is -0.136. The number of hydrogen-bond donors (Lipinski definition) is 1. The van der Waals surface area contributed by atoms with E-state index in [1.807, 2.05) is 6.07 Å². The van der Waals surface area contributed by atoms with E-state index in [4.69, 9.17) is 15.2 Å². The van der Waals surface area contributed by atoms with Crippen molar-refractivity contribution < 1.29 is 18.7 Å². The molecule has 0 spiro atoms. The first-order valence-corrected chi connectivity index (χ1v) is 7.01. The van der Waals surface area contributed by atoms with E-state index < -0.39 is 17.7 Å². The van der Waals surface area contributed by atoms with Gasteiger partial charge in [-0.2, -0.15) is 5.26 Å². The minimum absolute atomic E-state index is 0.0389. The fraction of sp³-hybridized carbons (Fsp3) is 0.200. The van der Waals surface area contributed by atoms with Crippen LogP contribution >= 0.6 is 15.9 Å². The monoisotopic (exact) mass is 366 g/mol. The molecule has 7 heteroatoms. The Hall–Kier alpha value is -2.33. The molecule has 1 heterocycles. The molecule has 1 unspecified atom stereocenters. The van der Waals surface area contributed by atoms with E-state index in [1.165, 1.54) is 32.2 Å². The van der Waals surface area contributed by atoms with Crippen LogP contribution in [0.1, 0.15) is 18.4 Å². The summed E-state index contributed by atoms with van der Waals surface area (Å²) in [6.07, 6.45) is 0. The number of rotatable bonds is 2. The van der Waals surface area contributed by atoms with Crippen LogP contribution in [0.3, 0.4) is 0 Å². The zero-order chi connectivity index (χ0) is 16.4. The van der Waals surface area contributed by atoms with Crippen molar-refractivity contribution >= 4 is 21.9 Å². The Balaban J connectivity index is 2.74. The van der Waals surface area contributed by atoms with Gasteiger partial charge >= 0.3 is 5.97 Å². The van der Waals surface area contributed by atoms with E-state index in [2.05, 4.69) is 15.9 Å². The number of esters is 1. The smallest absolute Gasteiger partial charge is 0.338 e. The minimum atomic E-state index is -0.983. The first-order valence-electron chi connectivity index (χ1n) is 6.22. The van der Waals surface area contributed by atoms with Crippen molar-refractivity contribution in [2.24, 2.45) is 5.73 Å². The second-order valence-electron chi connectivity index (χ2n) is 4.55. The lowest BCUT2D eigenvalue weighted by Gasteiger charge is -2.26. The van der Waals surface area contributed by atoms with E-state index >= 15 is 0 Å². The lowest BCUT2D eigenvalue weighted by atomic mass is 9.83. The number of carbonyl (C=O) groups excluding carboxylic acids is 1. The highest BCUT2D eigenvalue weighted by Gasteiger charge is 2.37. The largest absolute Gasteiger partial charge is 0.466 e. The van der Waals surface area contributed by atoms with E-state index in [9.17, 15) is 14.4 Å². The molecule has 0 aromatic heterocycles. The Bertz CT molecular complexity index is 750. The summed E-state index contributed by atoms with van der Waals surface area (Å²) < 4.78 is 24.8. The molecule has 5 nitrogen and oxygen atoms in total. The highest BCUT2D eigenvalue weighted by molar-refractivity contribution is 9.10. The molecule has 0 saturated carbocycles.